The topological polar surface area (TPSA) is 82.3 Å². The molecule has 0 bridgehead atoms. The number of likely N-dealkylation sites (tertiary alicyclic amines) is 1. The molecule has 1 aromatic heterocycles. The van der Waals surface area contributed by atoms with Gasteiger partial charge < -0.3 is 15.4 Å². The summed E-state index contributed by atoms with van der Waals surface area (Å²) in [6, 6.07) is 9.73. The van der Waals surface area contributed by atoms with Crippen molar-refractivity contribution in [2.24, 2.45) is 0 Å². The predicted molar refractivity (Wildman–Crippen MR) is 100.0 cm³/mol. The van der Waals surface area contributed by atoms with Crippen LogP contribution < -0.4 is 10.6 Å². The average Bonchev–Trinajstić information content (AvgIpc) is 3.34. The van der Waals surface area contributed by atoms with Crippen LogP contribution in [0.4, 0.5) is 10.5 Å². The molecule has 1 aromatic carbocycles. The van der Waals surface area contributed by atoms with E-state index in [4.69, 9.17) is 4.74 Å². The Bertz CT molecular complexity index is 727. The molecule has 0 saturated carbocycles. The van der Waals surface area contributed by atoms with Gasteiger partial charge in [0.15, 0.2) is 0 Å². The van der Waals surface area contributed by atoms with Crippen molar-refractivity contribution in [1.82, 2.24) is 20.4 Å². The fourth-order valence-corrected chi connectivity index (χ4v) is 3.81. The number of carbonyl (C=O) groups is 1. The number of H-pyrrole nitrogens is 1. The molecule has 0 radical (unpaired) electrons. The summed E-state index contributed by atoms with van der Waals surface area (Å²) >= 11 is 0. The van der Waals surface area contributed by atoms with Crippen LogP contribution in [0.3, 0.4) is 0 Å². The molecule has 7 nitrogen and oxygen atoms in total. The maximum absolute atomic E-state index is 12.5. The molecule has 138 valence electrons. The molecule has 4 rings (SSSR count). The van der Waals surface area contributed by atoms with Crippen molar-refractivity contribution in [3.8, 4) is 11.3 Å². The SMILES string of the molecule is O=C(Nc1cccc(-c2ccn[nH]2)c1)NC1COCC1N1CCCCC1. The van der Waals surface area contributed by atoms with Gasteiger partial charge >= 0.3 is 6.03 Å². The Morgan fingerprint density at radius 3 is 2.88 bits per heavy atom. The zero-order chi connectivity index (χ0) is 17.8. The lowest BCUT2D eigenvalue weighted by atomic mass is 10.1. The number of nitrogens with zero attached hydrogens (tertiary/aromatic N) is 2. The second-order valence-corrected chi connectivity index (χ2v) is 6.96. The number of carbonyl (C=O) groups excluding carboxylic acids is 1. The van der Waals surface area contributed by atoms with Crippen molar-refractivity contribution in [1.29, 1.82) is 0 Å². The second kappa shape index (κ2) is 7.88. The van der Waals surface area contributed by atoms with Crippen LogP contribution in [0.2, 0.25) is 0 Å². The van der Waals surface area contributed by atoms with Crippen LogP contribution in [0.15, 0.2) is 36.5 Å². The van der Waals surface area contributed by atoms with E-state index in [0.29, 0.717) is 13.2 Å². The third kappa shape index (κ3) is 3.89. The number of hydrogen-bond acceptors (Lipinski definition) is 4. The van der Waals surface area contributed by atoms with Gasteiger partial charge in [-0.05, 0) is 44.1 Å². The zero-order valence-electron chi connectivity index (χ0n) is 14.8. The molecule has 2 atom stereocenters. The van der Waals surface area contributed by atoms with Crippen LogP contribution >= 0.6 is 0 Å². The van der Waals surface area contributed by atoms with Crippen molar-refractivity contribution >= 4 is 11.7 Å². The molecule has 2 amide bonds. The van der Waals surface area contributed by atoms with Gasteiger partial charge in [-0.15, -0.1) is 0 Å². The first-order chi connectivity index (χ1) is 12.8. The molecular weight excluding hydrogens is 330 g/mol. The number of hydrogen-bond donors (Lipinski definition) is 3. The largest absolute Gasteiger partial charge is 0.378 e. The summed E-state index contributed by atoms with van der Waals surface area (Å²) in [5, 5.41) is 12.9. The van der Waals surface area contributed by atoms with Gasteiger partial charge in [-0.3, -0.25) is 10.00 Å². The Morgan fingerprint density at radius 1 is 1.19 bits per heavy atom. The van der Waals surface area contributed by atoms with Gasteiger partial charge in [0.1, 0.15) is 0 Å². The van der Waals surface area contributed by atoms with E-state index in [1.54, 1.807) is 6.20 Å². The fourth-order valence-electron chi connectivity index (χ4n) is 3.81. The summed E-state index contributed by atoms with van der Waals surface area (Å²) in [6.07, 6.45) is 5.48. The molecule has 2 aliphatic rings. The van der Waals surface area contributed by atoms with Crippen LogP contribution in [0.5, 0.6) is 0 Å². The third-order valence-corrected chi connectivity index (χ3v) is 5.16. The van der Waals surface area contributed by atoms with Crippen LogP contribution in [-0.2, 0) is 4.74 Å². The smallest absolute Gasteiger partial charge is 0.319 e. The number of ether oxygens (including phenoxy) is 1. The van der Waals surface area contributed by atoms with Gasteiger partial charge in [-0.1, -0.05) is 18.6 Å². The summed E-state index contributed by atoms with van der Waals surface area (Å²) < 4.78 is 5.65. The molecule has 2 aromatic rings. The Hall–Kier alpha value is -2.38. The minimum absolute atomic E-state index is 0.0314. The highest BCUT2D eigenvalue weighted by atomic mass is 16.5. The van der Waals surface area contributed by atoms with Crippen LogP contribution in [-0.4, -0.2) is 59.5 Å². The lowest BCUT2D eigenvalue weighted by molar-refractivity contribution is 0.125. The van der Waals surface area contributed by atoms with Crippen molar-refractivity contribution in [2.75, 3.05) is 31.6 Å². The summed E-state index contributed by atoms with van der Waals surface area (Å²) in [4.78, 5) is 14.9. The molecule has 2 unspecified atom stereocenters. The molecule has 0 spiro atoms. The monoisotopic (exact) mass is 355 g/mol. The summed E-state index contributed by atoms with van der Waals surface area (Å²) in [5.74, 6) is 0. The molecular formula is C19H25N5O2. The fraction of sp³-hybridized carbons (Fsp3) is 0.474. The first-order valence-corrected chi connectivity index (χ1v) is 9.29. The van der Waals surface area contributed by atoms with E-state index in [1.807, 2.05) is 30.3 Å². The number of amides is 2. The second-order valence-electron chi connectivity index (χ2n) is 6.96. The molecule has 26 heavy (non-hydrogen) atoms. The van der Waals surface area contributed by atoms with E-state index in [0.717, 1.165) is 30.0 Å². The highest BCUT2D eigenvalue weighted by molar-refractivity contribution is 5.90. The molecule has 2 fully saturated rings. The number of anilines is 1. The zero-order valence-corrected chi connectivity index (χ0v) is 14.8. The van der Waals surface area contributed by atoms with Crippen molar-refractivity contribution in [2.45, 2.75) is 31.3 Å². The maximum Gasteiger partial charge on any atom is 0.319 e. The van der Waals surface area contributed by atoms with E-state index in [2.05, 4.69) is 25.7 Å². The van der Waals surface area contributed by atoms with Gasteiger partial charge in [0, 0.05) is 17.4 Å². The van der Waals surface area contributed by atoms with Gasteiger partial charge in [0.2, 0.25) is 0 Å². The number of benzene rings is 1. The lowest BCUT2D eigenvalue weighted by Crippen LogP contribution is -2.53. The number of aromatic nitrogens is 2. The normalized spacial score (nSPS) is 23.7. The Balaban J connectivity index is 1.37. The standard InChI is InChI=1S/C19H25N5O2/c25-19(21-15-6-4-5-14(11-15)16-7-8-20-23-16)22-17-12-26-13-18(17)24-9-2-1-3-10-24/h4-8,11,17-18H,1-3,9-10,12-13H2,(H,20,23)(H2,21,22,25). The minimum atomic E-state index is -0.190. The Morgan fingerprint density at radius 2 is 2.08 bits per heavy atom. The molecule has 2 aliphatic heterocycles. The minimum Gasteiger partial charge on any atom is -0.378 e. The molecule has 2 saturated heterocycles. The first-order valence-electron chi connectivity index (χ1n) is 9.29. The third-order valence-electron chi connectivity index (χ3n) is 5.16. The highest BCUT2D eigenvalue weighted by Gasteiger charge is 2.34. The summed E-state index contributed by atoms with van der Waals surface area (Å²) in [6.45, 7) is 3.46. The van der Waals surface area contributed by atoms with Gasteiger partial charge in [-0.25, -0.2) is 4.79 Å². The van der Waals surface area contributed by atoms with E-state index < -0.39 is 0 Å². The van der Waals surface area contributed by atoms with Crippen molar-refractivity contribution < 1.29 is 9.53 Å². The van der Waals surface area contributed by atoms with E-state index in [9.17, 15) is 4.79 Å². The molecule has 3 N–H and O–H groups in total. The van der Waals surface area contributed by atoms with Gasteiger partial charge in [0.05, 0.1) is 31.0 Å². The van der Waals surface area contributed by atoms with Crippen LogP contribution in [0, 0.1) is 0 Å². The lowest BCUT2D eigenvalue weighted by Gasteiger charge is -2.34. The predicted octanol–water partition coefficient (Wildman–Crippen LogP) is 2.45. The van der Waals surface area contributed by atoms with Crippen molar-refractivity contribution in [3.05, 3.63) is 36.5 Å². The maximum atomic E-state index is 12.5. The number of nitrogens with one attached hydrogen (secondary N) is 3. The van der Waals surface area contributed by atoms with E-state index >= 15 is 0 Å². The van der Waals surface area contributed by atoms with Gasteiger partial charge in [0.25, 0.3) is 0 Å². The van der Waals surface area contributed by atoms with Gasteiger partial charge in [-0.2, -0.15) is 5.10 Å². The number of aromatic amines is 1. The first kappa shape index (κ1) is 17.1. The van der Waals surface area contributed by atoms with E-state index in [1.165, 1.54) is 19.3 Å². The molecule has 0 aliphatic carbocycles. The number of rotatable bonds is 4. The summed E-state index contributed by atoms with van der Waals surface area (Å²) in [7, 11) is 0. The quantitative estimate of drug-likeness (QED) is 0.787. The molecule has 3 heterocycles. The summed E-state index contributed by atoms with van der Waals surface area (Å²) in [5.41, 5.74) is 2.65. The van der Waals surface area contributed by atoms with Crippen LogP contribution in [0.1, 0.15) is 19.3 Å². The van der Waals surface area contributed by atoms with E-state index in [-0.39, 0.29) is 18.1 Å². The number of urea groups is 1. The Labute approximate surface area is 153 Å². The molecule has 7 heteroatoms. The van der Waals surface area contributed by atoms with Crippen LogP contribution in [0.25, 0.3) is 11.3 Å². The average molecular weight is 355 g/mol. The Kier molecular flexibility index (Phi) is 5.17. The highest BCUT2D eigenvalue weighted by Crippen LogP contribution is 2.21. The number of piperidine rings is 1. The van der Waals surface area contributed by atoms with Crippen molar-refractivity contribution in [3.63, 3.8) is 0 Å².